The number of furan rings is 1. The molecular formula is C75H49N3O. The molecule has 0 saturated carbocycles. The van der Waals surface area contributed by atoms with E-state index in [2.05, 4.69) is 253 Å². The molecule has 10 aromatic carbocycles. The second-order valence-electron chi connectivity index (χ2n) is 19.9. The fourth-order valence-corrected chi connectivity index (χ4v) is 11.2. The van der Waals surface area contributed by atoms with Crippen molar-refractivity contribution in [2.24, 2.45) is 0 Å². The minimum absolute atomic E-state index is 0.871. The number of para-hydroxylation sites is 1. The summed E-state index contributed by atoms with van der Waals surface area (Å²) in [6.45, 7) is 0. The molecule has 0 bridgehead atoms. The summed E-state index contributed by atoms with van der Waals surface area (Å²) < 4.78 is 6.31. The summed E-state index contributed by atoms with van der Waals surface area (Å²) in [6.07, 6.45) is 5.60. The van der Waals surface area contributed by atoms with Gasteiger partial charge in [-0.2, -0.15) is 0 Å². The van der Waals surface area contributed by atoms with Crippen molar-refractivity contribution in [2.45, 2.75) is 0 Å². The molecule has 0 amide bonds. The average molecular weight is 1010 g/mol. The lowest BCUT2D eigenvalue weighted by molar-refractivity contribution is 0.669. The van der Waals surface area contributed by atoms with Crippen molar-refractivity contribution in [1.29, 1.82) is 0 Å². The SMILES string of the molecule is c1ccc(-c2cc(-c3cc(-c4ccc5c(c4)oc4ccccc45)ccn3)ccc2-c2ccccc2-c2cc(-c3ccccc3-c3ccc(-c4ccccn4)cc3)cc(-c3ccccc3-c3ccc(-c4ccccn4)cc3)c2)cc1. The van der Waals surface area contributed by atoms with Crippen LogP contribution in [0.2, 0.25) is 0 Å². The van der Waals surface area contributed by atoms with Crippen LogP contribution < -0.4 is 0 Å². The summed E-state index contributed by atoms with van der Waals surface area (Å²) in [6, 6.07) is 99.7. The van der Waals surface area contributed by atoms with Crippen LogP contribution in [-0.2, 0) is 0 Å². The Morgan fingerprint density at radius 3 is 1.19 bits per heavy atom. The first kappa shape index (κ1) is 46.9. The standard InChI is InChI=1S/C75H49N3O/c1-2-16-50(17-3-1)70-47-57(73-48-56(40-43-78-73)55-36-39-69-68-24-10-11-27-74(68)79-75(69)49-55)37-38-67(70)66-23-9-8-22-65(66)60-45-58(63-20-6-4-18-61(63)51-28-32-53(33-29-51)71-25-12-14-41-76-71)44-59(46-60)64-21-7-5-19-62(64)52-30-34-54(35-31-52)72-26-13-15-42-77-72/h1-49H. The molecule has 14 rings (SSSR count). The highest BCUT2D eigenvalue weighted by Gasteiger charge is 2.19. The van der Waals surface area contributed by atoms with Crippen LogP contribution in [0.5, 0.6) is 0 Å². The van der Waals surface area contributed by atoms with Crippen molar-refractivity contribution in [3.8, 4) is 123 Å². The Morgan fingerprint density at radius 1 is 0.190 bits per heavy atom. The third-order valence-corrected chi connectivity index (χ3v) is 15.1. The Bertz CT molecular complexity index is 4360. The Balaban J connectivity index is 0.908. The van der Waals surface area contributed by atoms with E-state index in [-0.39, 0.29) is 0 Å². The number of benzene rings is 10. The van der Waals surface area contributed by atoms with Gasteiger partial charge in [-0.15, -0.1) is 0 Å². The molecule has 4 aromatic heterocycles. The van der Waals surface area contributed by atoms with Gasteiger partial charge >= 0.3 is 0 Å². The number of pyridine rings is 3. The Hall–Kier alpha value is -10.6. The zero-order valence-corrected chi connectivity index (χ0v) is 43.0. The van der Waals surface area contributed by atoms with E-state index in [0.29, 0.717) is 0 Å². The van der Waals surface area contributed by atoms with Gasteiger partial charge in [-0.25, -0.2) is 0 Å². The van der Waals surface area contributed by atoms with E-state index in [4.69, 9.17) is 9.40 Å². The summed E-state index contributed by atoms with van der Waals surface area (Å²) in [7, 11) is 0. The predicted molar refractivity (Wildman–Crippen MR) is 327 cm³/mol. The van der Waals surface area contributed by atoms with Gasteiger partial charge in [0.2, 0.25) is 0 Å². The zero-order valence-electron chi connectivity index (χ0n) is 43.0. The molecule has 0 aliphatic rings. The number of fused-ring (bicyclic) bond motifs is 3. The second kappa shape index (κ2) is 20.5. The van der Waals surface area contributed by atoms with Gasteiger partial charge in [0.05, 0.1) is 17.1 Å². The summed E-state index contributed by atoms with van der Waals surface area (Å²) in [5, 5.41) is 2.23. The summed E-state index contributed by atoms with van der Waals surface area (Å²) >= 11 is 0. The molecule has 4 heteroatoms. The van der Waals surface area contributed by atoms with Gasteiger partial charge in [-0.3, -0.25) is 15.0 Å². The largest absolute Gasteiger partial charge is 0.456 e. The topological polar surface area (TPSA) is 51.8 Å². The van der Waals surface area contributed by atoms with E-state index in [0.717, 1.165) is 145 Å². The van der Waals surface area contributed by atoms with Crippen molar-refractivity contribution >= 4 is 21.9 Å². The lowest BCUT2D eigenvalue weighted by Crippen LogP contribution is -1.94. The molecule has 0 saturated heterocycles. The smallest absolute Gasteiger partial charge is 0.136 e. The molecular weight excluding hydrogens is 959 g/mol. The first-order chi connectivity index (χ1) is 39.1. The highest BCUT2D eigenvalue weighted by molar-refractivity contribution is 6.06. The quantitative estimate of drug-likeness (QED) is 0.130. The summed E-state index contributed by atoms with van der Waals surface area (Å²) in [4.78, 5) is 14.2. The molecule has 0 radical (unpaired) electrons. The maximum absolute atomic E-state index is 6.31. The number of rotatable bonds is 11. The molecule has 0 spiro atoms. The molecule has 0 fully saturated rings. The predicted octanol–water partition coefficient (Wildman–Crippen LogP) is 20.1. The monoisotopic (exact) mass is 1010 g/mol. The molecule has 0 atom stereocenters. The van der Waals surface area contributed by atoms with Gasteiger partial charge in [0.25, 0.3) is 0 Å². The third-order valence-electron chi connectivity index (χ3n) is 15.1. The number of hydrogen-bond donors (Lipinski definition) is 0. The Labute approximate surface area is 459 Å². The molecule has 4 heterocycles. The molecule has 79 heavy (non-hydrogen) atoms. The Kier molecular flexibility index (Phi) is 12.2. The second-order valence-corrected chi connectivity index (χ2v) is 19.9. The van der Waals surface area contributed by atoms with Gasteiger partial charge in [-0.05, 0) is 168 Å². The van der Waals surface area contributed by atoms with Gasteiger partial charge in [0, 0.05) is 46.1 Å². The van der Waals surface area contributed by atoms with Crippen molar-refractivity contribution in [1.82, 2.24) is 15.0 Å². The minimum Gasteiger partial charge on any atom is -0.456 e. The van der Waals surface area contributed by atoms with Crippen LogP contribution in [0.4, 0.5) is 0 Å². The fraction of sp³-hybridized carbons (Fsp3) is 0. The van der Waals surface area contributed by atoms with Crippen LogP contribution in [0.15, 0.2) is 302 Å². The number of aromatic nitrogens is 3. The molecule has 370 valence electrons. The summed E-state index contributed by atoms with van der Waals surface area (Å²) in [5.74, 6) is 0. The first-order valence-electron chi connectivity index (χ1n) is 26.7. The van der Waals surface area contributed by atoms with Gasteiger partial charge in [-0.1, -0.05) is 200 Å². The average Bonchev–Trinajstić information content (AvgIpc) is 3.98. The van der Waals surface area contributed by atoms with Crippen molar-refractivity contribution in [3.05, 3.63) is 298 Å². The maximum atomic E-state index is 6.31. The molecule has 0 aliphatic carbocycles. The van der Waals surface area contributed by atoms with Gasteiger partial charge in [0.15, 0.2) is 0 Å². The lowest BCUT2D eigenvalue weighted by atomic mass is 9.84. The van der Waals surface area contributed by atoms with Crippen LogP contribution in [-0.4, -0.2) is 15.0 Å². The highest BCUT2D eigenvalue weighted by Crippen LogP contribution is 2.45. The summed E-state index contributed by atoms with van der Waals surface area (Å²) in [5.41, 5.74) is 25.8. The van der Waals surface area contributed by atoms with E-state index in [1.807, 2.05) is 55.0 Å². The highest BCUT2D eigenvalue weighted by atomic mass is 16.3. The van der Waals surface area contributed by atoms with Crippen LogP contribution in [0.25, 0.3) is 145 Å². The van der Waals surface area contributed by atoms with Crippen molar-refractivity contribution in [3.63, 3.8) is 0 Å². The maximum Gasteiger partial charge on any atom is 0.136 e. The van der Waals surface area contributed by atoms with Crippen LogP contribution in [0.3, 0.4) is 0 Å². The Morgan fingerprint density at radius 2 is 0.608 bits per heavy atom. The van der Waals surface area contributed by atoms with E-state index in [1.165, 1.54) is 0 Å². The normalized spacial score (nSPS) is 11.3. The molecule has 4 nitrogen and oxygen atoms in total. The van der Waals surface area contributed by atoms with Crippen molar-refractivity contribution < 1.29 is 4.42 Å². The van der Waals surface area contributed by atoms with E-state index < -0.39 is 0 Å². The third kappa shape index (κ3) is 9.18. The van der Waals surface area contributed by atoms with Gasteiger partial charge in [0.1, 0.15) is 11.2 Å². The minimum atomic E-state index is 0.871. The van der Waals surface area contributed by atoms with E-state index >= 15 is 0 Å². The van der Waals surface area contributed by atoms with Crippen LogP contribution in [0.1, 0.15) is 0 Å². The van der Waals surface area contributed by atoms with E-state index in [9.17, 15) is 0 Å². The first-order valence-corrected chi connectivity index (χ1v) is 26.7. The molecule has 0 N–H and O–H groups in total. The number of hydrogen-bond acceptors (Lipinski definition) is 4. The van der Waals surface area contributed by atoms with Crippen LogP contribution >= 0.6 is 0 Å². The van der Waals surface area contributed by atoms with Gasteiger partial charge < -0.3 is 4.42 Å². The zero-order chi connectivity index (χ0) is 52.5. The molecule has 0 aliphatic heterocycles. The molecule has 14 aromatic rings. The van der Waals surface area contributed by atoms with E-state index in [1.54, 1.807) is 0 Å². The van der Waals surface area contributed by atoms with Crippen LogP contribution in [0, 0.1) is 0 Å². The van der Waals surface area contributed by atoms with Crippen molar-refractivity contribution in [2.75, 3.05) is 0 Å². The fourth-order valence-electron chi connectivity index (χ4n) is 11.2. The number of nitrogens with zero attached hydrogens (tertiary/aromatic N) is 3. The molecule has 0 unspecified atom stereocenters. The lowest BCUT2D eigenvalue weighted by Gasteiger charge is -2.19.